The quantitative estimate of drug-likeness (QED) is 0.816. The van der Waals surface area contributed by atoms with Crippen molar-refractivity contribution in [1.29, 1.82) is 0 Å². The first kappa shape index (κ1) is 10.2. The lowest BCUT2D eigenvalue weighted by atomic mass is 10.2. The Labute approximate surface area is 80.7 Å². The van der Waals surface area contributed by atoms with Crippen molar-refractivity contribution in [2.24, 2.45) is 5.73 Å². The normalized spacial score (nSPS) is 12.6. The van der Waals surface area contributed by atoms with E-state index < -0.39 is 6.17 Å². The van der Waals surface area contributed by atoms with Gasteiger partial charge in [-0.1, -0.05) is 11.6 Å². The van der Waals surface area contributed by atoms with E-state index in [1.807, 2.05) is 0 Å². The largest absolute Gasteiger partial charge is 0.481 e. The fourth-order valence-corrected chi connectivity index (χ4v) is 1.25. The van der Waals surface area contributed by atoms with Gasteiger partial charge < -0.3 is 10.5 Å². The SMILES string of the molecule is COc1nccc(Cl)c1C(F)CN. The van der Waals surface area contributed by atoms with Crippen molar-refractivity contribution < 1.29 is 9.13 Å². The average molecular weight is 205 g/mol. The predicted molar refractivity (Wildman–Crippen MR) is 48.7 cm³/mol. The number of pyridine rings is 1. The van der Waals surface area contributed by atoms with Crippen LogP contribution in [0.4, 0.5) is 4.39 Å². The van der Waals surface area contributed by atoms with E-state index in [-0.39, 0.29) is 23.0 Å². The number of alkyl halides is 1. The molecule has 3 nitrogen and oxygen atoms in total. The highest BCUT2D eigenvalue weighted by Gasteiger charge is 2.18. The van der Waals surface area contributed by atoms with E-state index in [0.29, 0.717) is 0 Å². The van der Waals surface area contributed by atoms with Crippen LogP contribution in [-0.2, 0) is 0 Å². The van der Waals surface area contributed by atoms with Gasteiger partial charge in [-0.3, -0.25) is 0 Å². The van der Waals surface area contributed by atoms with Crippen molar-refractivity contribution in [2.75, 3.05) is 13.7 Å². The summed E-state index contributed by atoms with van der Waals surface area (Å²) < 4.78 is 18.1. The van der Waals surface area contributed by atoms with Gasteiger partial charge in [-0.05, 0) is 6.07 Å². The molecule has 0 aliphatic rings. The number of rotatable bonds is 3. The summed E-state index contributed by atoms with van der Waals surface area (Å²) in [5.74, 6) is 0.186. The Morgan fingerprint density at radius 1 is 1.77 bits per heavy atom. The number of nitrogens with two attached hydrogens (primary N) is 1. The third-order valence-corrected chi connectivity index (χ3v) is 1.94. The molecule has 1 rings (SSSR count). The maximum Gasteiger partial charge on any atom is 0.220 e. The first-order valence-corrected chi connectivity index (χ1v) is 4.11. The summed E-state index contributed by atoms with van der Waals surface area (Å²) >= 11 is 5.77. The van der Waals surface area contributed by atoms with Crippen molar-refractivity contribution in [3.05, 3.63) is 22.8 Å². The number of hydrogen-bond donors (Lipinski definition) is 1. The molecule has 0 fully saturated rings. The number of hydrogen-bond acceptors (Lipinski definition) is 3. The summed E-state index contributed by atoms with van der Waals surface area (Å²) in [5, 5.41) is 0.282. The summed E-state index contributed by atoms with van der Waals surface area (Å²) in [6.07, 6.45) is 0.115. The van der Waals surface area contributed by atoms with E-state index in [2.05, 4.69) is 4.98 Å². The Balaban J connectivity index is 3.14. The molecular weight excluding hydrogens is 195 g/mol. The Morgan fingerprint density at radius 3 is 3.00 bits per heavy atom. The lowest BCUT2D eigenvalue weighted by molar-refractivity contribution is 0.325. The summed E-state index contributed by atoms with van der Waals surface area (Å²) in [6.45, 7) is -0.137. The second-order valence-corrected chi connectivity index (χ2v) is 2.83. The van der Waals surface area contributed by atoms with Gasteiger partial charge >= 0.3 is 0 Å². The Bertz CT molecular complexity index is 295. The van der Waals surface area contributed by atoms with Gasteiger partial charge in [0.2, 0.25) is 5.88 Å². The Morgan fingerprint density at radius 2 is 2.46 bits per heavy atom. The van der Waals surface area contributed by atoms with E-state index in [0.717, 1.165) is 0 Å². The predicted octanol–water partition coefficient (Wildman–Crippen LogP) is 1.71. The molecule has 1 aromatic heterocycles. The molecule has 0 bridgehead atoms. The van der Waals surface area contributed by atoms with E-state index in [9.17, 15) is 4.39 Å². The molecule has 13 heavy (non-hydrogen) atoms. The standard InChI is InChI=1S/C8H10ClFN2O/c1-13-8-7(6(10)4-11)5(9)2-3-12-8/h2-3,6H,4,11H2,1H3. The zero-order valence-electron chi connectivity index (χ0n) is 7.13. The van der Waals surface area contributed by atoms with Gasteiger partial charge in [0, 0.05) is 12.7 Å². The monoisotopic (exact) mass is 204 g/mol. The second-order valence-electron chi connectivity index (χ2n) is 2.42. The molecule has 1 heterocycles. The molecule has 2 N–H and O–H groups in total. The van der Waals surface area contributed by atoms with E-state index in [4.69, 9.17) is 22.1 Å². The van der Waals surface area contributed by atoms with Gasteiger partial charge in [-0.15, -0.1) is 0 Å². The van der Waals surface area contributed by atoms with E-state index in [1.165, 1.54) is 19.4 Å². The lowest BCUT2D eigenvalue weighted by Crippen LogP contribution is -2.10. The van der Waals surface area contributed by atoms with Crippen molar-refractivity contribution in [3.8, 4) is 5.88 Å². The molecule has 0 amide bonds. The highest BCUT2D eigenvalue weighted by atomic mass is 35.5. The van der Waals surface area contributed by atoms with Crippen LogP contribution in [0.15, 0.2) is 12.3 Å². The number of nitrogens with zero attached hydrogens (tertiary/aromatic N) is 1. The van der Waals surface area contributed by atoms with Gasteiger partial charge in [-0.25, -0.2) is 9.37 Å². The molecule has 72 valence electrons. The molecule has 1 atom stereocenters. The van der Waals surface area contributed by atoms with Crippen molar-refractivity contribution in [2.45, 2.75) is 6.17 Å². The van der Waals surface area contributed by atoms with Crippen molar-refractivity contribution in [3.63, 3.8) is 0 Å². The smallest absolute Gasteiger partial charge is 0.220 e. The Kier molecular flexibility index (Phi) is 3.45. The molecule has 5 heteroatoms. The first-order valence-electron chi connectivity index (χ1n) is 3.73. The highest BCUT2D eigenvalue weighted by Crippen LogP contribution is 2.31. The van der Waals surface area contributed by atoms with Gasteiger partial charge in [0.05, 0.1) is 17.7 Å². The third kappa shape index (κ3) is 2.08. The molecule has 1 unspecified atom stereocenters. The number of methoxy groups -OCH3 is 1. The Hall–Kier alpha value is -0.870. The lowest BCUT2D eigenvalue weighted by Gasteiger charge is -2.11. The van der Waals surface area contributed by atoms with Crippen LogP contribution in [0.1, 0.15) is 11.7 Å². The average Bonchev–Trinajstić information content (AvgIpc) is 2.16. The molecule has 0 aromatic carbocycles. The maximum absolute atomic E-state index is 13.2. The molecule has 1 aromatic rings. The molecule has 0 spiro atoms. The van der Waals surface area contributed by atoms with Crippen LogP contribution >= 0.6 is 11.6 Å². The van der Waals surface area contributed by atoms with Gasteiger partial charge in [-0.2, -0.15) is 0 Å². The number of aromatic nitrogens is 1. The zero-order chi connectivity index (χ0) is 9.84. The van der Waals surface area contributed by atoms with Crippen LogP contribution in [0.2, 0.25) is 5.02 Å². The maximum atomic E-state index is 13.2. The van der Waals surface area contributed by atoms with Gasteiger partial charge in [0.25, 0.3) is 0 Å². The fourth-order valence-electron chi connectivity index (χ4n) is 0.996. The molecule has 0 aliphatic heterocycles. The fraction of sp³-hybridized carbons (Fsp3) is 0.375. The van der Waals surface area contributed by atoms with Crippen LogP contribution < -0.4 is 10.5 Å². The second kappa shape index (κ2) is 4.39. The van der Waals surface area contributed by atoms with Crippen LogP contribution in [0.25, 0.3) is 0 Å². The molecule has 0 radical (unpaired) electrons. The van der Waals surface area contributed by atoms with Crippen molar-refractivity contribution >= 4 is 11.6 Å². The number of ether oxygens (including phenoxy) is 1. The first-order chi connectivity index (χ1) is 6.20. The minimum Gasteiger partial charge on any atom is -0.481 e. The van der Waals surface area contributed by atoms with Crippen LogP contribution in [0.5, 0.6) is 5.88 Å². The summed E-state index contributed by atoms with van der Waals surface area (Å²) in [6, 6.07) is 1.50. The van der Waals surface area contributed by atoms with E-state index in [1.54, 1.807) is 0 Å². The highest BCUT2D eigenvalue weighted by molar-refractivity contribution is 6.31. The summed E-state index contributed by atoms with van der Waals surface area (Å²) in [7, 11) is 1.41. The summed E-state index contributed by atoms with van der Waals surface area (Å²) in [4.78, 5) is 3.82. The van der Waals surface area contributed by atoms with Crippen molar-refractivity contribution in [1.82, 2.24) is 4.98 Å². The topological polar surface area (TPSA) is 48.1 Å². The zero-order valence-corrected chi connectivity index (χ0v) is 7.88. The number of halogens is 2. The molecule has 0 aliphatic carbocycles. The van der Waals surface area contributed by atoms with Crippen LogP contribution in [-0.4, -0.2) is 18.6 Å². The molecule has 0 saturated heterocycles. The third-order valence-electron chi connectivity index (χ3n) is 1.61. The minimum absolute atomic E-state index is 0.137. The molecular formula is C8H10ClFN2O. The van der Waals surface area contributed by atoms with Gasteiger partial charge in [0.1, 0.15) is 6.17 Å². The molecule has 0 saturated carbocycles. The van der Waals surface area contributed by atoms with Crippen LogP contribution in [0.3, 0.4) is 0 Å². The van der Waals surface area contributed by atoms with E-state index >= 15 is 0 Å². The van der Waals surface area contributed by atoms with Crippen LogP contribution in [0, 0.1) is 0 Å². The minimum atomic E-state index is -1.34. The summed E-state index contributed by atoms with van der Waals surface area (Å²) in [5.41, 5.74) is 5.40. The van der Waals surface area contributed by atoms with Gasteiger partial charge in [0.15, 0.2) is 0 Å².